The van der Waals surface area contributed by atoms with Crippen molar-refractivity contribution in [2.45, 2.75) is 173 Å². The molecule has 5 heterocycles. The van der Waals surface area contributed by atoms with E-state index < -0.39 is 0 Å². The molecule has 8 nitrogen and oxygen atoms in total. The van der Waals surface area contributed by atoms with Crippen molar-refractivity contribution in [3.05, 3.63) is 114 Å². The van der Waals surface area contributed by atoms with Crippen molar-refractivity contribution >= 4 is 22.7 Å². The van der Waals surface area contributed by atoms with Crippen LogP contribution in [-0.4, -0.2) is 39.3 Å². The summed E-state index contributed by atoms with van der Waals surface area (Å²) in [4.78, 5) is 8.15. The van der Waals surface area contributed by atoms with E-state index in [-0.39, 0.29) is 198 Å². The fourth-order valence-electron chi connectivity index (χ4n) is 2.84. The molecule has 0 saturated carbocycles. The number of aromatic nitrogens is 8. The molecule has 0 aliphatic heterocycles. The van der Waals surface area contributed by atoms with Gasteiger partial charge in [-0.3, -0.25) is 5.10 Å². The van der Waals surface area contributed by atoms with Crippen molar-refractivity contribution in [2.24, 2.45) is 21.1 Å². The fourth-order valence-corrected chi connectivity index (χ4v) is 3.89. The zero-order valence-electron chi connectivity index (χ0n) is 46.7. The van der Waals surface area contributed by atoms with Crippen LogP contribution in [0.3, 0.4) is 0 Å². The molecule has 5 aromatic heterocycles. The molecular formula is C48H84N8S2V5W5-10. The summed E-state index contributed by atoms with van der Waals surface area (Å²) in [5, 5.41) is 20.4. The summed E-state index contributed by atoms with van der Waals surface area (Å²) in [7, 11) is 5.71. The second-order valence-electron chi connectivity index (χ2n) is 16.1. The molecule has 20 heteroatoms. The minimum atomic E-state index is 0. The van der Waals surface area contributed by atoms with Gasteiger partial charge in [-0.05, 0) is 13.8 Å². The molecule has 5 aromatic rings. The number of hydrogen-bond donors (Lipinski definition) is 0. The third-order valence-electron chi connectivity index (χ3n) is 4.81. The van der Waals surface area contributed by atoms with Crippen molar-refractivity contribution in [1.82, 2.24) is 39.3 Å². The van der Waals surface area contributed by atoms with Gasteiger partial charge in [0, 0.05) is 219 Å². The molecule has 0 saturated heterocycles. The van der Waals surface area contributed by atoms with E-state index in [9.17, 15) is 0 Å². The van der Waals surface area contributed by atoms with Crippen LogP contribution in [0.2, 0.25) is 0 Å². The van der Waals surface area contributed by atoms with Crippen LogP contribution in [0, 0.1) is 128 Å². The van der Waals surface area contributed by atoms with Crippen LogP contribution in [0.15, 0.2) is 0 Å². The average Bonchev–Trinajstić information content (AvgIpc) is 3.80. The Balaban J connectivity index is -0.0000000352. The maximum Gasteiger partial charge on any atom is 0.0265 e. The molecule has 0 amide bonds. The van der Waals surface area contributed by atoms with Crippen molar-refractivity contribution < 1.29 is 198 Å². The van der Waals surface area contributed by atoms with Gasteiger partial charge in [-0.25, -0.2) is 10.2 Å². The predicted molar refractivity (Wildman–Crippen MR) is 257 cm³/mol. The molecule has 5 radical (unpaired) electrons. The van der Waals surface area contributed by atoms with Crippen molar-refractivity contribution in [2.75, 3.05) is 0 Å². The van der Waals surface area contributed by atoms with Gasteiger partial charge in [0.2, 0.25) is 0 Å². The first-order chi connectivity index (χ1) is 26.3. The maximum absolute atomic E-state index is 4.07. The Hall–Kier alpha value is 3.25. The summed E-state index contributed by atoms with van der Waals surface area (Å²) >= 11 is 3.14. The molecular weight excluding hydrogens is 1930 g/mol. The third-order valence-corrected chi connectivity index (χ3v) is 6.38. The van der Waals surface area contributed by atoms with Gasteiger partial charge in [0.05, 0.1) is 0 Å². The Morgan fingerprint density at radius 2 is 0.603 bits per heavy atom. The van der Waals surface area contributed by atoms with Gasteiger partial charge in [-0.2, -0.15) is 120 Å². The smallest absolute Gasteiger partial charge is 0.0265 e. The van der Waals surface area contributed by atoms with E-state index in [1.165, 1.54) is 29.6 Å². The van der Waals surface area contributed by atoms with Crippen LogP contribution in [0.25, 0.3) is 0 Å². The van der Waals surface area contributed by atoms with Gasteiger partial charge in [0.1, 0.15) is 0 Å². The number of rotatable bonds is 0. The molecule has 0 atom stereocenters. The molecule has 0 aliphatic rings. The van der Waals surface area contributed by atoms with E-state index in [0.717, 1.165) is 55.4 Å². The van der Waals surface area contributed by atoms with E-state index in [2.05, 4.69) is 158 Å². The first-order valence-electron chi connectivity index (χ1n) is 19.5. The fraction of sp³-hybridized carbons (Fsp3) is 0.583. The van der Waals surface area contributed by atoms with Gasteiger partial charge in [0.15, 0.2) is 0 Å². The number of nitrogens with zero attached hydrogens (tertiary/aromatic N) is 8. The summed E-state index contributed by atoms with van der Waals surface area (Å²) in [6.07, 6.45) is 3.01. The molecule has 0 bridgehead atoms. The maximum atomic E-state index is 4.07. The van der Waals surface area contributed by atoms with Crippen LogP contribution in [-0.2, 0) is 219 Å². The minimum absolute atomic E-state index is 0. The van der Waals surface area contributed by atoms with E-state index in [1.54, 1.807) is 27.4 Å². The Morgan fingerprint density at radius 3 is 0.647 bits per heavy atom. The second kappa shape index (κ2) is 70.3. The van der Waals surface area contributed by atoms with E-state index in [0.29, 0.717) is 0 Å². The molecule has 0 spiro atoms. The molecule has 0 unspecified atom stereocenters. The molecule has 393 valence electrons. The zero-order valence-corrected chi connectivity index (χ0v) is 70.0. The monoisotopic (exact) mass is 2010 g/mol. The van der Waals surface area contributed by atoms with E-state index in [4.69, 9.17) is 0 Å². The molecule has 5 rings (SSSR count). The normalized spacial score (nSPS) is 8.07. The molecule has 0 aliphatic carbocycles. The van der Waals surface area contributed by atoms with Crippen LogP contribution in [0.5, 0.6) is 0 Å². The third kappa shape index (κ3) is 98.4. The summed E-state index contributed by atoms with van der Waals surface area (Å²) in [5.41, 5.74) is 8.30. The molecule has 0 fully saturated rings. The van der Waals surface area contributed by atoms with Crippen LogP contribution >= 0.6 is 22.7 Å². The van der Waals surface area contributed by atoms with E-state index in [1.807, 2.05) is 99.7 Å². The van der Waals surface area contributed by atoms with Crippen LogP contribution in [0.1, 0.15) is 159 Å². The topological polar surface area (TPSA) is 79.2 Å². The van der Waals surface area contributed by atoms with E-state index >= 15 is 0 Å². The van der Waals surface area contributed by atoms with Crippen molar-refractivity contribution in [1.29, 1.82) is 0 Å². The Bertz CT molecular complexity index is 1380. The Labute approximate surface area is 560 Å². The Kier molecular flexibility index (Phi) is 115. The van der Waals surface area contributed by atoms with Gasteiger partial charge in [-0.1, -0.05) is 82.5 Å². The van der Waals surface area contributed by atoms with Gasteiger partial charge in [-0.15, -0.1) is 29.0 Å². The molecule has 0 aromatic carbocycles. The summed E-state index contributed by atoms with van der Waals surface area (Å²) in [6, 6.07) is 6.12. The first kappa shape index (κ1) is 111. The second-order valence-corrected chi connectivity index (χ2v) is 18.1. The number of aryl methyl sites for hydroxylation is 13. The summed E-state index contributed by atoms with van der Waals surface area (Å²) < 4.78 is 5.33. The zero-order chi connectivity index (χ0) is 46.9. The van der Waals surface area contributed by atoms with Crippen LogP contribution in [0.4, 0.5) is 0 Å². The SMILES string of the molecule is C[C-](C)C.C[C-](C)C.C[C-](C)C.C[C-](C)C.C[C-](C)C.Cc1[c-]c(C)n(C)n1.Cc1[c-]c(C)n(C)n1.Cc1[c-]n(C)nc1C.Cc1[c-]sc(C)n1.Cc1[c-]sc(C)n1.[V].[V].[V].[V].[V].[W].[W].[W].[W].[W]. The minimum Gasteiger partial charge on any atom is -0.426 e. The van der Waals surface area contributed by atoms with Gasteiger partial charge < -0.3 is 88.4 Å². The van der Waals surface area contributed by atoms with Crippen molar-refractivity contribution in [3.63, 3.8) is 0 Å². The Morgan fingerprint density at radius 1 is 0.382 bits per heavy atom. The van der Waals surface area contributed by atoms with Gasteiger partial charge >= 0.3 is 0 Å². The summed E-state index contributed by atoms with van der Waals surface area (Å²) in [5.74, 6) is 7.08. The van der Waals surface area contributed by atoms with Crippen molar-refractivity contribution in [3.8, 4) is 0 Å². The number of hydrogen-bond acceptors (Lipinski definition) is 7. The predicted octanol–water partition coefficient (Wildman–Crippen LogP) is 13.7. The summed E-state index contributed by atoms with van der Waals surface area (Å²) in [6.45, 7) is 50.9. The number of thiazole rings is 2. The standard InChI is InChI=1S/3C6H9N2.2C5H6NS.5C4H9.5V.5W/c1-5-4-8(3)7-6(5)2;2*1-5-4-6(2)8(3)7-5;2*1-4-3-7-5(2)6-4;5*1-4(2)3;;;;;;;;;;/h3*1-3H3;2*1-2H3;5*1-3H3;;;;;;;;;;/q10*-1;;;;;;;;;;. The first-order valence-corrected chi connectivity index (χ1v) is 21.1. The molecule has 68 heavy (non-hydrogen) atoms. The average molecular weight is 2010 g/mol. The van der Waals surface area contributed by atoms with Crippen LogP contribution < -0.4 is 0 Å². The largest absolute Gasteiger partial charge is 0.426 e. The molecule has 0 N–H and O–H groups in total. The van der Waals surface area contributed by atoms with Gasteiger partial charge in [0.25, 0.3) is 0 Å². The quantitative estimate of drug-likeness (QED) is 0.144.